The van der Waals surface area contributed by atoms with Gasteiger partial charge in [0, 0.05) is 6.04 Å². The van der Waals surface area contributed by atoms with Crippen LogP contribution in [0.1, 0.15) is 24.5 Å². The molecule has 1 heterocycles. The summed E-state index contributed by atoms with van der Waals surface area (Å²) < 4.78 is 22.8. The summed E-state index contributed by atoms with van der Waals surface area (Å²) in [5, 5.41) is 11.8. The second kappa shape index (κ2) is 6.75. The van der Waals surface area contributed by atoms with Gasteiger partial charge in [0.2, 0.25) is 0 Å². The number of nitrogens with zero attached hydrogens (tertiary/aromatic N) is 1. The normalized spacial score (nSPS) is 20.4. The molecule has 1 atom stereocenters. The van der Waals surface area contributed by atoms with Crippen LogP contribution in [0.4, 0.5) is 0 Å². The van der Waals surface area contributed by atoms with Gasteiger partial charge in [-0.05, 0) is 30.0 Å². The van der Waals surface area contributed by atoms with E-state index in [1.807, 2.05) is 30.3 Å². The molecule has 0 aromatic heterocycles. The van der Waals surface area contributed by atoms with E-state index in [1.54, 1.807) is 0 Å². The predicted octanol–water partition coefficient (Wildman–Crippen LogP) is 1.46. The molecule has 2 rings (SSSR count). The number of amides is 1. The first-order valence-electron chi connectivity index (χ1n) is 7.15. The third-order valence-corrected chi connectivity index (χ3v) is 5.40. The van der Waals surface area contributed by atoms with Gasteiger partial charge < -0.3 is 5.32 Å². The zero-order chi connectivity index (χ0) is 16.2. The van der Waals surface area contributed by atoms with Gasteiger partial charge in [-0.25, -0.2) is 8.42 Å². The standard InChI is InChI=1S/C16H18N2O3S/c1-2-12-3-5-13(6-4-12)9-14(10-17)16(19)18-15-7-8-22(20,21)11-15/h3-6,9,15H,2,7-8,11H2,1H3,(H,18,19)/b14-9+/t15-/m1/s1. The number of rotatable bonds is 4. The van der Waals surface area contributed by atoms with E-state index in [1.165, 1.54) is 11.6 Å². The monoisotopic (exact) mass is 318 g/mol. The van der Waals surface area contributed by atoms with E-state index in [0.29, 0.717) is 6.42 Å². The van der Waals surface area contributed by atoms with Crippen LogP contribution in [0.25, 0.3) is 6.08 Å². The molecule has 116 valence electrons. The summed E-state index contributed by atoms with van der Waals surface area (Å²) in [7, 11) is -3.06. The van der Waals surface area contributed by atoms with Crippen LogP contribution >= 0.6 is 0 Å². The van der Waals surface area contributed by atoms with E-state index in [2.05, 4.69) is 12.2 Å². The summed E-state index contributed by atoms with van der Waals surface area (Å²) in [4.78, 5) is 12.1. The van der Waals surface area contributed by atoms with Gasteiger partial charge in [0.25, 0.3) is 5.91 Å². The Hall–Kier alpha value is -2.13. The lowest BCUT2D eigenvalue weighted by atomic mass is 10.1. The van der Waals surface area contributed by atoms with Gasteiger partial charge in [0.15, 0.2) is 9.84 Å². The maximum Gasteiger partial charge on any atom is 0.262 e. The molecule has 1 fully saturated rings. The van der Waals surface area contributed by atoms with Gasteiger partial charge in [-0.2, -0.15) is 5.26 Å². The van der Waals surface area contributed by atoms with Crippen LogP contribution in [0.5, 0.6) is 0 Å². The van der Waals surface area contributed by atoms with Crippen LogP contribution in [0.15, 0.2) is 29.8 Å². The molecule has 0 bridgehead atoms. The molecule has 0 spiro atoms. The molecule has 6 heteroatoms. The number of hydrogen-bond acceptors (Lipinski definition) is 4. The van der Waals surface area contributed by atoms with E-state index >= 15 is 0 Å². The van der Waals surface area contributed by atoms with Gasteiger partial charge in [-0.3, -0.25) is 4.79 Å². The Bertz CT molecular complexity index is 728. The molecule has 0 aliphatic carbocycles. The van der Waals surface area contributed by atoms with Crippen molar-refractivity contribution in [3.63, 3.8) is 0 Å². The van der Waals surface area contributed by atoms with Crippen molar-refractivity contribution >= 4 is 21.8 Å². The fourth-order valence-corrected chi connectivity index (χ4v) is 4.01. The number of nitrogens with one attached hydrogen (secondary N) is 1. The number of benzene rings is 1. The number of nitriles is 1. The third-order valence-electron chi connectivity index (χ3n) is 3.63. The van der Waals surface area contributed by atoms with Gasteiger partial charge >= 0.3 is 0 Å². The number of carbonyl (C=O) groups is 1. The molecule has 1 N–H and O–H groups in total. The maximum absolute atomic E-state index is 12.1. The minimum absolute atomic E-state index is 0.0199. The molecule has 0 radical (unpaired) electrons. The van der Waals surface area contributed by atoms with Crippen LogP contribution in [-0.4, -0.2) is 31.9 Å². The summed E-state index contributed by atoms with van der Waals surface area (Å²) >= 11 is 0. The van der Waals surface area contributed by atoms with Crippen LogP contribution < -0.4 is 5.32 Å². The smallest absolute Gasteiger partial charge is 0.262 e. The fraction of sp³-hybridized carbons (Fsp3) is 0.375. The molecule has 1 aliphatic heterocycles. The van der Waals surface area contributed by atoms with Gasteiger partial charge in [-0.1, -0.05) is 31.2 Å². The van der Waals surface area contributed by atoms with Crippen LogP contribution in [0, 0.1) is 11.3 Å². The number of sulfone groups is 1. The highest BCUT2D eigenvalue weighted by atomic mass is 32.2. The number of aryl methyl sites for hydroxylation is 1. The van der Waals surface area contributed by atoms with E-state index in [0.717, 1.165) is 12.0 Å². The molecule has 0 unspecified atom stereocenters. The molecule has 0 saturated carbocycles. The summed E-state index contributed by atoms with van der Waals surface area (Å²) in [6, 6.07) is 9.06. The predicted molar refractivity (Wildman–Crippen MR) is 84.6 cm³/mol. The summed E-state index contributed by atoms with van der Waals surface area (Å²) in [5.41, 5.74) is 1.92. The Morgan fingerprint density at radius 1 is 1.41 bits per heavy atom. The van der Waals surface area contributed by atoms with Crippen molar-refractivity contribution in [1.82, 2.24) is 5.32 Å². The Morgan fingerprint density at radius 3 is 2.59 bits per heavy atom. The van der Waals surface area contributed by atoms with Gasteiger partial charge in [-0.15, -0.1) is 0 Å². The van der Waals surface area contributed by atoms with E-state index in [-0.39, 0.29) is 17.1 Å². The summed E-state index contributed by atoms with van der Waals surface area (Å²) in [6.07, 6.45) is 2.84. The van der Waals surface area contributed by atoms with Crippen LogP contribution in [-0.2, 0) is 21.1 Å². The molecular weight excluding hydrogens is 300 g/mol. The fourth-order valence-electron chi connectivity index (χ4n) is 2.34. The number of hydrogen-bond donors (Lipinski definition) is 1. The number of carbonyl (C=O) groups excluding carboxylic acids is 1. The largest absolute Gasteiger partial charge is 0.348 e. The van der Waals surface area contributed by atoms with Crippen molar-refractivity contribution in [3.05, 3.63) is 41.0 Å². The lowest BCUT2D eigenvalue weighted by molar-refractivity contribution is -0.117. The van der Waals surface area contributed by atoms with Crippen molar-refractivity contribution in [1.29, 1.82) is 5.26 Å². The molecule has 1 aromatic carbocycles. The third kappa shape index (κ3) is 4.18. The molecular formula is C16H18N2O3S. The topological polar surface area (TPSA) is 87.0 Å². The van der Waals surface area contributed by atoms with Gasteiger partial charge in [0.05, 0.1) is 11.5 Å². The van der Waals surface area contributed by atoms with Crippen molar-refractivity contribution < 1.29 is 13.2 Å². The SMILES string of the molecule is CCc1ccc(/C=C(\C#N)C(=O)N[C@@H]2CCS(=O)(=O)C2)cc1. The molecule has 1 saturated heterocycles. The Labute approximate surface area is 130 Å². The van der Waals surface area contributed by atoms with Crippen molar-refractivity contribution in [3.8, 4) is 6.07 Å². The van der Waals surface area contributed by atoms with E-state index in [4.69, 9.17) is 5.26 Å². The lowest BCUT2D eigenvalue weighted by Gasteiger charge is -2.09. The zero-order valence-electron chi connectivity index (χ0n) is 12.4. The van der Waals surface area contributed by atoms with Crippen molar-refractivity contribution in [2.24, 2.45) is 0 Å². The Kier molecular flexibility index (Phi) is 4.99. The highest BCUT2D eigenvalue weighted by Gasteiger charge is 2.29. The summed E-state index contributed by atoms with van der Waals surface area (Å²) in [6.45, 7) is 2.05. The molecule has 1 aliphatic rings. The first-order chi connectivity index (χ1) is 10.4. The first kappa shape index (κ1) is 16.2. The Morgan fingerprint density at radius 2 is 2.09 bits per heavy atom. The van der Waals surface area contributed by atoms with E-state index in [9.17, 15) is 13.2 Å². The van der Waals surface area contributed by atoms with Crippen LogP contribution in [0.3, 0.4) is 0 Å². The van der Waals surface area contributed by atoms with Crippen molar-refractivity contribution in [2.75, 3.05) is 11.5 Å². The lowest BCUT2D eigenvalue weighted by Crippen LogP contribution is -2.36. The molecule has 1 aromatic rings. The van der Waals surface area contributed by atoms with E-state index < -0.39 is 21.8 Å². The molecule has 1 amide bonds. The second-order valence-electron chi connectivity index (χ2n) is 5.34. The quantitative estimate of drug-likeness (QED) is 0.672. The molecule has 22 heavy (non-hydrogen) atoms. The zero-order valence-corrected chi connectivity index (χ0v) is 13.2. The van der Waals surface area contributed by atoms with Crippen molar-refractivity contribution in [2.45, 2.75) is 25.8 Å². The second-order valence-corrected chi connectivity index (χ2v) is 7.57. The van der Waals surface area contributed by atoms with Crippen LogP contribution in [0.2, 0.25) is 0 Å². The minimum atomic E-state index is -3.06. The summed E-state index contributed by atoms with van der Waals surface area (Å²) in [5.74, 6) is -0.492. The average molecular weight is 318 g/mol. The first-order valence-corrected chi connectivity index (χ1v) is 8.97. The maximum atomic E-state index is 12.1. The highest BCUT2D eigenvalue weighted by Crippen LogP contribution is 2.13. The molecule has 5 nitrogen and oxygen atoms in total. The highest BCUT2D eigenvalue weighted by molar-refractivity contribution is 7.91. The minimum Gasteiger partial charge on any atom is -0.348 e. The van der Waals surface area contributed by atoms with Gasteiger partial charge in [0.1, 0.15) is 11.6 Å². The average Bonchev–Trinajstić information content (AvgIpc) is 2.84. The Balaban J connectivity index is 2.08.